The van der Waals surface area contributed by atoms with E-state index in [2.05, 4.69) is 5.32 Å². The van der Waals surface area contributed by atoms with E-state index in [1.165, 1.54) is 4.90 Å². The molecule has 0 aliphatic carbocycles. The maximum absolute atomic E-state index is 12.2. The first-order valence-electron chi connectivity index (χ1n) is 5.81. The second kappa shape index (κ2) is 3.66. The number of carbonyl (C=O) groups excluding carboxylic acids is 3. The molecular weight excluding hydrogens is 232 g/mol. The average Bonchev–Trinajstić information content (AvgIpc) is 2.81. The maximum atomic E-state index is 12.2. The first-order valence-corrected chi connectivity index (χ1v) is 5.81. The molecule has 1 N–H and O–H groups in total. The van der Waals surface area contributed by atoms with Crippen molar-refractivity contribution in [2.75, 3.05) is 0 Å². The Kier molecular flexibility index (Phi) is 2.23. The predicted molar refractivity (Wildman–Crippen MR) is 62.6 cm³/mol. The lowest BCUT2D eigenvalue weighted by Crippen LogP contribution is -2.40. The number of imide groups is 1. The van der Waals surface area contributed by atoms with Crippen LogP contribution in [0.5, 0.6) is 0 Å². The summed E-state index contributed by atoms with van der Waals surface area (Å²) in [5, 5.41) is 2.23. The van der Waals surface area contributed by atoms with Crippen LogP contribution in [0.15, 0.2) is 18.2 Å². The molecule has 0 spiro atoms. The summed E-state index contributed by atoms with van der Waals surface area (Å²) >= 11 is 0. The molecule has 1 unspecified atom stereocenters. The molecule has 92 valence electrons. The van der Waals surface area contributed by atoms with Gasteiger partial charge in [0, 0.05) is 12.1 Å². The Bertz CT molecular complexity index is 580. The third kappa shape index (κ3) is 1.44. The first-order chi connectivity index (χ1) is 8.58. The van der Waals surface area contributed by atoms with Crippen molar-refractivity contribution in [3.63, 3.8) is 0 Å². The lowest BCUT2D eigenvalue weighted by atomic mass is 10.1. The second-order valence-electron chi connectivity index (χ2n) is 4.67. The van der Waals surface area contributed by atoms with Gasteiger partial charge in [-0.3, -0.25) is 19.7 Å². The molecule has 3 amide bonds. The van der Waals surface area contributed by atoms with E-state index in [9.17, 15) is 14.4 Å². The third-order valence-electron chi connectivity index (χ3n) is 3.55. The maximum Gasteiger partial charge on any atom is 0.255 e. The number of benzene rings is 1. The summed E-state index contributed by atoms with van der Waals surface area (Å²) in [5.74, 6) is -0.854. The molecule has 5 heteroatoms. The van der Waals surface area contributed by atoms with E-state index in [1.807, 2.05) is 19.1 Å². The normalized spacial score (nSPS) is 22.4. The highest BCUT2D eigenvalue weighted by Crippen LogP contribution is 2.29. The van der Waals surface area contributed by atoms with Crippen molar-refractivity contribution in [2.24, 2.45) is 0 Å². The molecule has 2 aliphatic heterocycles. The number of amides is 3. The zero-order valence-electron chi connectivity index (χ0n) is 9.90. The average molecular weight is 244 g/mol. The third-order valence-corrected chi connectivity index (χ3v) is 3.55. The van der Waals surface area contributed by atoms with E-state index in [-0.39, 0.29) is 24.1 Å². The van der Waals surface area contributed by atoms with E-state index in [1.54, 1.807) is 6.07 Å². The van der Waals surface area contributed by atoms with Crippen LogP contribution in [0.2, 0.25) is 0 Å². The lowest BCUT2D eigenvalue weighted by molar-refractivity contribution is -0.126. The van der Waals surface area contributed by atoms with Gasteiger partial charge in [0.05, 0.1) is 6.42 Å². The molecule has 1 fully saturated rings. The SMILES string of the molecule is Cc1cccc2c1CN(C1CC(=O)NC1=O)C2=O. The molecule has 2 heterocycles. The minimum Gasteiger partial charge on any atom is -0.322 e. The van der Waals surface area contributed by atoms with Crippen LogP contribution in [0, 0.1) is 6.92 Å². The van der Waals surface area contributed by atoms with Crippen molar-refractivity contribution in [3.05, 3.63) is 34.9 Å². The van der Waals surface area contributed by atoms with E-state index in [4.69, 9.17) is 0 Å². The minimum atomic E-state index is -0.656. The van der Waals surface area contributed by atoms with Gasteiger partial charge in [-0.2, -0.15) is 0 Å². The minimum absolute atomic E-state index is 0.0671. The van der Waals surface area contributed by atoms with E-state index >= 15 is 0 Å². The molecule has 1 aromatic rings. The molecule has 0 aromatic heterocycles. The van der Waals surface area contributed by atoms with Gasteiger partial charge < -0.3 is 4.90 Å². The molecule has 5 nitrogen and oxygen atoms in total. The number of aryl methyl sites for hydroxylation is 1. The Morgan fingerprint density at radius 3 is 2.67 bits per heavy atom. The van der Waals surface area contributed by atoms with Gasteiger partial charge in [-0.05, 0) is 24.1 Å². The molecule has 1 atom stereocenters. The monoisotopic (exact) mass is 244 g/mol. The van der Waals surface area contributed by atoms with Crippen LogP contribution in [0.1, 0.15) is 27.9 Å². The number of nitrogens with one attached hydrogen (secondary N) is 1. The Hall–Kier alpha value is -2.17. The summed E-state index contributed by atoms with van der Waals surface area (Å²) in [6.07, 6.45) is 0.0671. The molecule has 18 heavy (non-hydrogen) atoms. The van der Waals surface area contributed by atoms with Gasteiger partial charge in [-0.15, -0.1) is 0 Å². The number of hydrogen-bond donors (Lipinski definition) is 1. The number of rotatable bonds is 1. The summed E-state index contributed by atoms with van der Waals surface area (Å²) in [5.41, 5.74) is 2.63. The van der Waals surface area contributed by atoms with Gasteiger partial charge in [0.25, 0.3) is 5.91 Å². The standard InChI is InChI=1S/C13H12N2O3/c1-7-3-2-4-8-9(7)6-15(13(8)18)10-5-11(16)14-12(10)17/h2-4,10H,5-6H2,1H3,(H,14,16,17). The molecule has 0 saturated carbocycles. The van der Waals surface area contributed by atoms with Gasteiger partial charge in [0.15, 0.2) is 0 Å². The van der Waals surface area contributed by atoms with Gasteiger partial charge in [0.1, 0.15) is 6.04 Å². The lowest BCUT2D eigenvalue weighted by Gasteiger charge is -2.20. The van der Waals surface area contributed by atoms with Crippen molar-refractivity contribution in [1.29, 1.82) is 0 Å². The number of hydrogen-bond acceptors (Lipinski definition) is 3. The zero-order chi connectivity index (χ0) is 12.9. The van der Waals surface area contributed by atoms with Crippen molar-refractivity contribution in [2.45, 2.75) is 25.9 Å². The van der Waals surface area contributed by atoms with E-state index < -0.39 is 6.04 Å². The number of nitrogens with zero attached hydrogens (tertiary/aromatic N) is 1. The highest BCUT2D eigenvalue weighted by atomic mass is 16.2. The first kappa shape index (κ1) is 11.0. The Balaban J connectivity index is 1.95. The predicted octanol–water partition coefficient (Wildman–Crippen LogP) is 0.366. The van der Waals surface area contributed by atoms with Gasteiger partial charge >= 0.3 is 0 Å². The van der Waals surface area contributed by atoms with Gasteiger partial charge in [0.2, 0.25) is 11.8 Å². The summed E-state index contributed by atoms with van der Waals surface area (Å²) < 4.78 is 0. The van der Waals surface area contributed by atoms with E-state index in [0.29, 0.717) is 12.1 Å². The Labute approximate surface area is 104 Å². The molecule has 1 saturated heterocycles. The summed E-state index contributed by atoms with van der Waals surface area (Å²) in [7, 11) is 0. The van der Waals surface area contributed by atoms with Crippen LogP contribution in [0.25, 0.3) is 0 Å². The van der Waals surface area contributed by atoms with Crippen molar-refractivity contribution in [1.82, 2.24) is 10.2 Å². The number of carbonyl (C=O) groups is 3. The quantitative estimate of drug-likeness (QED) is 0.726. The zero-order valence-corrected chi connectivity index (χ0v) is 9.90. The molecule has 1 aromatic carbocycles. The van der Waals surface area contributed by atoms with Crippen molar-refractivity contribution >= 4 is 17.7 Å². The van der Waals surface area contributed by atoms with Crippen molar-refractivity contribution in [3.8, 4) is 0 Å². The molecule has 0 bridgehead atoms. The molecule has 2 aliphatic rings. The van der Waals surface area contributed by atoms with Crippen LogP contribution >= 0.6 is 0 Å². The molecular formula is C13H12N2O3. The van der Waals surface area contributed by atoms with Gasteiger partial charge in [-0.25, -0.2) is 0 Å². The van der Waals surface area contributed by atoms with E-state index in [0.717, 1.165) is 11.1 Å². The van der Waals surface area contributed by atoms with Crippen LogP contribution < -0.4 is 5.32 Å². The highest BCUT2D eigenvalue weighted by Gasteiger charge is 2.41. The van der Waals surface area contributed by atoms with Crippen LogP contribution in [0.4, 0.5) is 0 Å². The number of fused-ring (bicyclic) bond motifs is 1. The Morgan fingerprint density at radius 1 is 1.28 bits per heavy atom. The fourth-order valence-corrected chi connectivity index (χ4v) is 2.55. The largest absolute Gasteiger partial charge is 0.322 e. The van der Waals surface area contributed by atoms with Crippen LogP contribution in [0.3, 0.4) is 0 Å². The highest BCUT2D eigenvalue weighted by molar-refractivity contribution is 6.09. The van der Waals surface area contributed by atoms with Crippen LogP contribution in [-0.2, 0) is 16.1 Å². The summed E-state index contributed by atoms with van der Waals surface area (Å²) in [6.45, 7) is 2.35. The van der Waals surface area contributed by atoms with Crippen LogP contribution in [-0.4, -0.2) is 28.7 Å². The fourth-order valence-electron chi connectivity index (χ4n) is 2.55. The smallest absolute Gasteiger partial charge is 0.255 e. The molecule has 3 rings (SSSR count). The van der Waals surface area contributed by atoms with Crippen molar-refractivity contribution < 1.29 is 14.4 Å². The van der Waals surface area contributed by atoms with Gasteiger partial charge in [-0.1, -0.05) is 12.1 Å². The topological polar surface area (TPSA) is 66.5 Å². The molecule has 0 radical (unpaired) electrons. The second-order valence-corrected chi connectivity index (χ2v) is 4.67. The Morgan fingerprint density at radius 2 is 2.06 bits per heavy atom. The fraction of sp³-hybridized carbons (Fsp3) is 0.308. The summed E-state index contributed by atoms with van der Waals surface area (Å²) in [6, 6.07) is 4.88. The summed E-state index contributed by atoms with van der Waals surface area (Å²) in [4.78, 5) is 36.5.